The fraction of sp³-hybridized carbons (Fsp3) is 0.867. The van der Waals surface area contributed by atoms with Crippen LogP contribution in [0.4, 0.5) is 4.79 Å². The van der Waals surface area contributed by atoms with Crippen LogP contribution in [0, 0.1) is 5.92 Å². The Bertz CT molecular complexity index is 428. The van der Waals surface area contributed by atoms with Crippen molar-refractivity contribution in [3.63, 3.8) is 0 Å². The lowest BCUT2D eigenvalue weighted by molar-refractivity contribution is -0.154. The van der Waals surface area contributed by atoms with Crippen molar-refractivity contribution in [3.8, 4) is 0 Å². The van der Waals surface area contributed by atoms with Gasteiger partial charge in [0.1, 0.15) is 11.3 Å². The van der Waals surface area contributed by atoms with E-state index in [9.17, 15) is 14.7 Å². The summed E-state index contributed by atoms with van der Waals surface area (Å²) in [4.78, 5) is 25.4. The average molecular weight is 317 g/mol. The molecule has 7 heteroatoms. The number of nitrogens with zero attached hydrogens (tertiary/aromatic N) is 1. The van der Waals surface area contributed by atoms with Crippen molar-refractivity contribution in [3.05, 3.63) is 0 Å². The summed E-state index contributed by atoms with van der Waals surface area (Å²) in [5.74, 6) is -1.29. The van der Waals surface area contributed by atoms with Crippen molar-refractivity contribution in [2.24, 2.45) is 5.92 Å². The minimum atomic E-state index is -1.34. The molecule has 3 atom stereocenters. The van der Waals surface area contributed by atoms with Crippen LogP contribution in [0.15, 0.2) is 0 Å². The molecule has 1 heterocycles. The molecule has 1 rings (SSSR count). The minimum Gasteiger partial charge on any atom is -0.467 e. The number of rotatable bonds is 3. The molecular weight excluding hydrogens is 290 g/mol. The van der Waals surface area contributed by atoms with E-state index in [1.165, 1.54) is 12.0 Å². The summed E-state index contributed by atoms with van der Waals surface area (Å²) < 4.78 is 15.6. The third-order valence-corrected chi connectivity index (χ3v) is 3.66. The number of amides is 1. The lowest BCUT2D eigenvalue weighted by atomic mass is 9.95. The summed E-state index contributed by atoms with van der Waals surface area (Å²) in [7, 11) is 1.21. The van der Waals surface area contributed by atoms with E-state index in [0.717, 1.165) is 0 Å². The molecule has 0 unspecified atom stereocenters. The van der Waals surface area contributed by atoms with Gasteiger partial charge in [-0.25, -0.2) is 9.59 Å². The van der Waals surface area contributed by atoms with Crippen molar-refractivity contribution < 1.29 is 28.9 Å². The molecule has 0 spiro atoms. The lowest BCUT2D eigenvalue weighted by Gasteiger charge is -2.37. The molecule has 7 nitrogen and oxygen atoms in total. The van der Waals surface area contributed by atoms with E-state index in [1.807, 2.05) is 0 Å². The third-order valence-electron chi connectivity index (χ3n) is 3.66. The van der Waals surface area contributed by atoms with Gasteiger partial charge in [0.05, 0.1) is 19.8 Å². The Balaban J connectivity index is 2.98. The summed E-state index contributed by atoms with van der Waals surface area (Å²) in [6, 6.07) is -0.487. The fourth-order valence-electron chi connectivity index (χ4n) is 2.43. The molecule has 0 aromatic heterocycles. The maximum absolute atomic E-state index is 12.5. The van der Waals surface area contributed by atoms with E-state index in [2.05, 4.69) is 4.74 Å². The number of aliphatic hydroxyl groups is 1. The first-order chi connectivity index (χ1) is 9.90. The molecule has 0 bridgehead atoms. The van der Waals surface area contributed by atoms with Gasteiger partial charge in [-0.2, -0.15) is 0 Å². The number of esters is 1. The van der Waals surface area contributed by atoms with Crippen LogP contribution in [0.3, 0.4) is 0 Å². The first-order valence-electron chi connectivity index (χ1n) is 7.33. The molecule has 0 aromatic carbocycles. The quantitative estimate of drug-likeness (QED) is 0.795. The summed E-state index contributed by atoms with van der Waals surface area (Å²) in [6.07, 6.45) is -1.87. The van der Waals surface area contributed by atoms with Crippen LogP contribution in [0.2, 0.25) is 0 Å². The summed E-state index contributed by atoms with van der Waals surface area (Å²) in [5, 5.41) is 10.0. The number of carbonyl (C=O) groups excluding carboxylic acids is 2. The second-order valence-electron chi connectivity index (χ2n) is 7.00. The molecule has 1 aliphatic heterocycles. The highest BCUT2D eigenvalue weighted by atomic mass is 16.6. The van der Waals surface area contributed by atoms with Gasteiger partial charge in [0.2, 0.25) is 0 Å². The van der Waals surface area contributed by atoms with Crippen LogP contribution >= 0.6 is 0 Å². The predicted octanol–water partition coefficient (Wildman–Crippen LogP) is 1.53. The van der Waals surface area contributed by atoms with Crippen LogP contribution in [0.25, 0.3) is 0 Å². The van der Waals surface area contributed by atoms with Crippen molar-refractivity contribution >= 4 is 12.1 Å². The van der Waals surface area contributed by atoms with Crippen LogP contribution in [-0.2, 0) is 19.0 Å². The standard InChI is InChI=1S/C15H27NO6/c1-9(11(17)12(18)20-7)10-8-21-15(5,6)16(10)13(19)22-14(2,3)4/h9-11,17H,8H2,1-7H3/t9-,10+,11+/m1/s1. The molecule has 1 fully saturated rings. The van der Waals surface area contributed by atoms with E-state index in [1.54, 1.807) is 41.5 Å². The summed E-state index contributed by atoms with van der Waals surface area (Å²) in [5.41, 5.74) is -1.53. The van der Waals surface area contributed by atoms with Gasteiger partial charge in [-0.3, -0.25) is 4.90 Å². The van der Waals surface area contributed by atoms with Gasteiger partial charge in [0, 0.05) is 5.92 Å². The first-order valence-corrected chi connectivity index (χ1v) is 7.33. The maximum atomic E-state index is 12.5. The smallest absolute Gasteiger partial charge is 0.412 e. The number of ether oxygens (including phenoxy) is 3. The Kier molecular flexibility index (Phi) is 5.46. The van der Waals surface area contributed by atoms with Gasteiger partial charge in [-0.05, 0) is 34.6 Å². The number of aliphatic hydroxyl groups excluding tert-OH is 1. The molecule has 1 N–H and O–H groups in total. The van der Waals surface area contributed by atoms with Crippen molar-refractivity contribution in [2.45, 2.75) is 65.0 Å². The maximum Gasteiger partial charge on any atom is 0.412 e. The Morgan fingerprint density at radius 3 is 2.36 bits per heavy atom. The highest BCUT2D eigenvalue weighted by Crippen LogP contribution is 2.33. The summed E-state index contributed by atoms with van der Waals surface area (Å²) >= 11 is 0. The van der Waals surface area contributed by atoms with Gasteiger partial charge in [0.15, 0.2) is 6.10 Å². The van der Waals surface area contributed by atoms with Crippen molar-refractivity contribution in [1.29, 1.82) is 0 Å². The fourth-order valence-corrected chi connectivity index (χ4v) is 2.43. The number of hydrogen-bond donors (Lipinski definition) is 1. The van der Waals surface area contributed by atoms with Gasteiger partial charge in [0.25, 0.3) is 0 Å². The number of methoxy groups -OCH3 is 1. The van der Waals surface area contributed by atoms with Crippen molar-refractivity contribution in [2.75, 3.05) is 13.7 Å². The number of carbonyl (C=O) groups is 2. The second-order valence-corrected chi connectivity index (χ2v) is 7.00. The van der Waals surface area contributed by atoms with E-state index in [4.69, 9.17) is 9.47 Å². The first kappa shape index (κ1) is 18.7. The van der Waals surface area contributed by atoms with E-state index in [0.29, 0.717) is 0 Å². The Morgan fingerprint density at radius 1 is 1.36 bits per heavy atom. The molecule has 1 aliphatic rings. The Hall–Kier alpha value is -1.34. The third kappa shape index (κ3) is 4.10. The van der Waals surface area contributed by atoms with E-state index < -0.39 is 41.5 Å². The molecule has 1 amide bonds. The van der Waals surface area contributed by atoms with Gasteiger partial charge >= 0.3 is 12.1 Å². The highest BCUT2D eigenvalue weighted by Gasteiger charge is 2.49. The highest BCUT2D eigenvalue weighted by molar-refractivity contribution is 5.75. The largest absolute Gasteiger partial charge is 0.467 e. The van der Waals surface area contributed by atoms with Crippen LogP contribution in [-0.4, -0.2) is 59.3 Å². The van der Waals surface area contributed by atoms with Gasteiger partial charge in [-0.15, -0.1) is 0 Å². The molecule has 0 aliphatic carbocycles. The lowest BCUT2D eigenvalue weighted by Crippen LogP contribution is -2.53. The van der Waals surface area contributed by atoms with Crippen LogP contribution in [0.1, 0.15) is 41.5 Å². The zero-order chi connectivity index (χ0) is 17.3. The monoisotopic (exact) mass is 317 g/mol. The van der Waals surface area contributed by atoms with Crippen LogP contribution < -0.4 is 0 Å². The predicted molar refractivity (Wildman–Crippen MR) is 79.1 cm³/mol. The van der Waals surface area contributed by atoms with Gasteiger partial charge in [-0.1, -0.05) is 6.92 Å². The minimum absolute atomic E-state index is 0.210. The molecule has 1 saturated heterocycles. The van der Waals surface area contributed by atoms with Crippen LogP contribution in [0.5, 0.6) is 0 Å². The normalized spacial score (nSPS) is 23.8. The SMILES string of the molecule is COC(=O)[C@@H](O)[C@H](C)[C@@H]1COC(C)(C)N1C(=O)OC(C)(C)C. The van der Waals surface area contributed by atoms with Crippen molar-refractivity contribution in [1.82, 2.24) is 4.90 Å². The molecule has 0 saturated carbocycles. The van der Waals surface area contributed by atoms with E-state index >= 15 is 0 Å². The van der Waals surface area contributed by atoms with E-state index in [-0.39, 0.29) is 6.61 Å². The molecule has 0 radical (unpaired) electrons. The topological polar surface area (TPSA) is 85.3 Å². The second kappa shape index (κ2) is 6.42. The zero-order valence-corrected chi connectivity index (χ0v) is 14.4. The number of hydrogen-bond acceptors (Lipinski definition) is 6. The average Bonchev–Trinajstić information content (AvgIpc) is 2.69. The summed E-state index contributed by atoms with van der Waals surface area (Å²) in [6.45, 7) is 10.7. The molecule has 128 valence electrons. The molecule has 0 aromatic rings. The Labute approximate surface area is 131 Å². The molecule has 22 heavy (non-hydrogen) atoms. The molecular formula is C15H27NO6. The Morgan fingerprint density at radius 2 is 1.91 bits per heavy atom. The van der Waals surface area contributed by atoms with Gasteiger partial charge < -0.3 is 19.3 Å². The zero-order valence-electron chi connectivity index (χ0n) is 14.4.